The second-order valence-corrected chi connectivity index (χ2v) is 3.47. The predicted octanol–water partition coefficient (Wildman–Crippen LogP) is 1.00. The lowest BCUT2D eigenvalue weighted by atomic mass is 10.0. The highest BCUT2D eigenvalue weighted by atomic mass is 16.2. The average molecular weight is 220 g/mol. The summed E-state index contributed by atoms with van der Waals surface area (Å²) in [5, 5.41) is 6.05. The standard InChI is InChI=1S/C11H16N4O/c1-8-4-3-5-9(2)10(8)6-14-15-7-13-11(12)16/h3-5,7,14H,6H2,1-2H3,(H3,12,13,15,16). The number of aryl methyl sites for hydroxylation is 2. The normalized spacial score (nSPS) is 10.4. The Morgan fingerprint density at radius 3 is 2.62 bits per heavy atom. The SMILES string of the molecule is Cc1cccc(C)c1CNN=CNC(N)=O. The molecule has 0 unspecified atom stereocenters. The smallest absolute Gasteiger partial charge is 0.317 e. The lowest BCUT2D eigenvalue weighted by Gasteiger charge is -2.08. The molecule has 5 nitrogen and oxygen atoms in total. The van der Waals surface area contributed by atoms with Crippen molar-refractivity contribution in [2.75, 3.05) is 0 Å². The number of nitrogens with zero attached hydrogens (tertiary/aromatic N) is 1. The number of hydrogen-bond acceptors (Lipinski definition) is 3. The molecule has 0 atom stereocenters. The molecule has 0 spiro atoms. The molecule has 16 heavy (non-hydrogen) atoms. The summed E-state index contributed by atoms with van der Waals surface area (Å²) in [5.74, 6) is 0. The molecule has 0 heterocycles. The Bertz CT molecular complexity index is 381. The molecule has 0 aliphatic carbocycles. The molecule has 1 rings (SSSR count). The summed E-state index contributed by atoms with van der Waals surface area (Å²) in [6.07, 6.45) is 1.23. The van der Waals surface area contributed by atoms with E-state index >= 15 is 0 Å². The first-order valence-corrected chi connectivity index (χ1v) is 4.96. The molecule has 0 aromatic heterocycles. The number of carbonyl (C=O) groups is 1. The topological polar surface area (TPSA) is 79.5 Å². The highest BCUT2D eigenvalue weighted by Gasteiger charge is 1.99. The van der Waals surface area contributed by atoms with E-state index in [2.05, 4.69) is 41.8 Å². The summed E-state index contributed by atoms with van der Waals surface area (Å²) in [7, 11) is 0. The molecule has 2 amide bonds. The highest BCUT2D eigenvalue weighted by Crippen LogP contribution is 2.12. The lowest BCUT2D eigenvalue weighted by Crippen LogP contribution is -2.28. The fourth-order valence-electron chi connectivity index (χ4n) is 1.39. The van der Waals surface area contributed by atoms with Gasteiger partial charge in [-0.25, -0.2) is 4.79 Å². The third-order valence-electron chi connectivity index (χ3n) is 2.26. The van der Waals surface area contributed by atoms with Crippen molar-refractivity contribution in [3.8, 4) is 0 Å². The first-order valence-electron chi connectivity index (χ1n) is 4.96. The fourth-order valence-corrected chi connectivity index (χ4v) is 1.39. The van der Waals surface area contributed by atoms with Crippen molar-refractivity contribution < 1.29 is 4.79 Å². The van der Waals surface area contributed by atoms with Crippen LogP contribution in [0.25, 0.3) is 0 Å². The molecule has 0 aliphatic rings. The summed E-state index contributed by atoms with van der Waals surface area (Å²) >= 11 is 0. The summed E-state index contributed by atoms with van der Waals surface area (Å²) in [4.78, 5) is 10.3. The minimum atomic E-state index is -0.627. The van der Waals surface area contributed by atoms with Crippen molar-refractivity contribution in [2.45, 2.75) is 20.4 Å². The largest absolute Gasteiger partial charge is 0.351 e. The van der Waals surface area contributed by atoms with E-state index in [4.69, 9.17) is 5.73 Å². The summed E-state index contributed by atoms with van der Waals surface area (Å²) < 4.78 is 0. The van der Waals surface area contributed by atoms with Crippen molar-refractivity contribution in [1.29, 1.82) is 0 Å². The molecule has 0 saturated heterocycles. The van der Waals surface area contributed by atoms with Crippen molar-refractivity contribution in [1.82, 2.24) is 10.7 Å². The number of urea groups is 1. The lowest BCUT2D eigenvalue weighted by molar-refractivity contribution is 0.253. The molecule has 0 saturated carbocycles. The van der Waals surface area contributed by atoms with E-state index < -0.39 is 6.03 Å². The van der Waals surface area contributed by atoms with Gasteiger partial charge in [-0.15, -0.1) is 0 Å². The third-order valence-corrected chi connectivity index (χ3v) is 2.26. The van der Waals surface area contributed by atoms with Crippen LogP contribution in [-0.2, 0) is 6.54 Å². The van der Waals surface area contributed by atoms with Crippen molar-refractivity contribution >= 4 is 12.4 Å². The molecule has 0 aliphatic heterocycles. The Labute approximate surface area is 94.7 Å². The average Bonchev–Trinajstić information content (AvgIpc) is 2.21. The van der Waals surface area contributed by atoms with Crippen LogP contribution < -0.4 is 16.5 Å². The predicted molar refractivity (Wildman–Crippen MR) is 64.0 cm³/mol. The van der Waals surface area contributed by atoms with Crippen LogP contribution in [0.4, 0.5) is 4.79 Å². The number of nitrogens with one attached hydrogen (secondary N) is 2. The zero-order chi connectivity index (χ0) is 12.0. The first-order chi connectivity index (χ1) is 7.61. The monoisotopic (exact) mass is 220 g/mol. The third kappa shape index (κ3) is 3.61. The maximum absolute atomic E-state index is 10.3. The Balaban J connectivity index is 2.49. The van der Waals surface area contributed by atoms with Gasteiger partial charge in [-0.3, -0.25) is 5.32 Å². The molecule has 0 bridgehead atoms. The van der Waals surface area contributed by atoms with Gasteiger partial charge in [-0.05, 0) is 30.5 Å². The maximum Gasteiger partial charge on any atom is 0.317 e. The van der Waals surface area contributed by atoms with E-state index in [9.17, 15) is 4.79 Å². The Kier molecular flexibility index (Phi) is 4.32. The minimum absolute atomic E-state index is 0.620. The summed E-state index contributed by atoms with van der Waals surface area (Å²) in [5.41, 5.74) is 11.3. The van der Waals surface area contributed by atoms with E-state index in [1.807, 2.05) is 6.07 Å². The van der Waals surface area contributed by atoms with Crippen LogP contribution in [0.5, 0.6) is 0 Å². The molecule has 0 radical (unpaired) electrons. The van der Waals surface area contributed by atoms with Gasteiger partial charge in [-0.1, -0.05) is 18.2 Å². The zero-order valence-corrected chi connectivity index (χ0v) is 9.45. The molecule has 4 N–H and O–H groups in total. The zero-order valence-electron chi connectivity index (χ0n) is 9.45. The van der Waals surface area contributed by atoms with Crippen LogP contribution in [0.1, 0.15) is 16.7 Å². The van der Waals surface area contributed by atoms with Crippen LogP contribution in [0.3, 0.4) is 0 Å². The number of rotatable bonds is 4. The molecule has 1 aromatic rings. The highest BCUT2D eigenvalue weighted by molar-refractivity contribution is 5.84. The number of hydrazone groups is 1. The number of carbonyl (C=O) groups excluding carboxylic acids is 1. The van der Waals surface area contributed by atoms with Gasteiger partial charge in [0.1, 0.15) is 6.34 Å². The molecule has 5 heteroatoms. The van der Waals surface area contributed by atoms with Crippen LogP contribution >= 0.6 is 0 Å². The van der Waals surface area contributed by atoms with Crippen LogP contribution in [0.2, 0.25) is 0 Å². The number of nitrogens with two attached hydrogens (primary N) is 1. The van der Waals surface area contributed by atoms with E-state index in [0.29, 0.717) is 6.54 Å². The van der Waals surface area contributed by atoms with E-state index in [1.165, 1.54) is 23.0 Å². The number of hydrogen-bond donors (Lipinski definition) is 3. The quantitative estimate of drug-likeness (QED) is 0.402. The molecule has 1 aromatic carbocycles. The van der Waals surface area contributed by atoms with Crippen molar-refractivity contribution in [3.63, 3.8) is 0 Å². The first kappa shape index (κ1) is 12.0. The Hall–Kier alpha value is -2.04. The Morgan fingerprint density at radius 1 is 1.44 bits per heavy atom. The molecule has 86 valence electrons. The van der Waals surface area contributed by atoms with Crippen LogP contribution in [0, 0.1) is 13.8 Å². The molecular formula is C11H16N4O. The van der Waals surface area contributed by atoms with Crippen LogP contribution in [0.15, 0.2) is 23.3 Å². The number of amides is 2. The Morgan fingerprint density at radius 2 is 2.06 bits per heavy atom. The van der Waals surface area contributed by atoms with Gasteiger partial charge in [0.2, 0.25) is 0 Å². The fraction of sp³-hybridized carbons (Fsp3) is 0.273. The second kappa shape index (κ2) is 5.75. The van der Waals surface area contributed by atoms with E-state index in [1.54, 1.807) is 0 Å². The van der Waals surface area contributed by atoms with Crippen molar-refractivity contribution in [2.24, 2.45) is 10.8 Å². The van der Waals surface area contributed by atoms with Crippen molar-refractivity contribution in [3.05, 3.63) is 34.9 Å². The number of benzene rings is 1. The number of primary amides is 1. The maximum atomic E-state index is 10.3. The second-order valence-electron chi connectivity index (χ2n) is 3.47. The van der Waals surface area contributed by atoms with Gasteiger partial charge in [0.15, 0.2) is 0 Å². The minimum Gasteiger partial charge on any atom is -0.351 e. The van der Waals surface area contributed by atoms with Crippen LogP contribution in [-0.4, -0.2) is 12.4 Å². The summed E-state index contributed by atoms with van der Waals surface area (Å²) in [6.45, 7) is 4.72. The van der Waals surface area contributed by atoms with Gasteiger partial charge in [-0.2, -0.15) is 5.10 Å². The van der Waals surface area contributed by atoms with Gasteiger partial charge < -0.3 is 11.2 Å². The summed E-state index contributed by atoms with van der Waals surface area (Å²) in [6, 6.07) is 5.49. The molecular weight excluding hydrogens is 204 g/mol. The van der Waals surface area contributed by atoms with Gasteiger partial charge in [0, 0.05) is 0 Å². The van der Waals surface area contributed by atoms with Gasteiger partial charge >= 0.3 is 6.03 Å². The van der Waals surface area contributed by atoms with E-state index in [-0.39, 0.29) is 0 Å². The molecule has 0 fully saturated rings. The van der Waals surface area contributed by atoms with E-state index in [0.717, 1.165) is 0 Å². The van der Waals surface area contributed by atoms with Gasteiger partial charge in [0.05, 0.1) is 6.54 Å². The van der Waals surface area contributed by atoms with Gasteiger partial charge in [0.25, 0.3) is 0 Å².